The van der Waals surface area contributed by atoms with E-state index >= 15 is 0 Å². The molecule has 0 unspecified atom stereocenters. The van der Waals surface area contributed by atoms with Gasteiger partial charge in [-0.15, -0.1) is 0 Å². The van der Waals surface area contributed by atoms with Crippen LogP contribution in [0, 0.1) is 0 Å². The number of rotatable bonds is 6. The molecule has 1 saturated carbocycles. The summed E-state index contributed by atoms with van der Waals surface area (Å²) < 4.78 is 5.64. The van der Waals surface area contributed by atoms with Crippen LogP contribution in [0.15, 0.2) is 54.6 Å². The molecule has 26 heavy (non-hydrogen) atoms. The topological polar surface area (TPSA) is 62.8 Å². The summed E-state index contributed by atoms with van der Waals surface area (Å²) >= 11 is 0. The molecule has 0 bridgehead atoms. The predicted octanol–water partition coefficient (Wildman–Crippen LogP) is 4.04. The van der Waals surface area contributed by atoms with Gasteiger partial charge in [0.2, 0.25) is 0 Å². The number of H-pyrrole nitrogens is 1. The standard InChI is InChI=1S/C21H24N4O/c1-26-19-12-6-5-11-17(19)21(13-7-8-14-21)22-15-18-20(24-25-23-18)16-9-3-2-4-10-16/h2-6,9-12,22H,7-8,13-15H2,1H3,(H,23,24,25). The largest absolute Gasteiger partial charge is 0.496 e. The zero-order chi connectivity index (χ0) is 17.8. The van der Waals surface area contributed by atoms with Gasteiger partial charge < -0.3 is 10.1 Å². The van der Waals surface area contributed by atoms with E-state index in [-0.39, 0.29) is 5.54 Å². The highest BCUT2D eigenvalue weighted by molar-refractivity contribution is 5.60. The minimum atomic E-state index is -0.0699. The molecule has 0 radical (unpaired) electrons. The van der Waals surface area contributed by atoms with Gasteiger partial charge in [-0.1, -0.05) is 61.4 Å². The van der Waals surface area contributed by atoms with Crippen LogP contribution in [0.1, 0.15) is 36.9 Å². The number of ether oxygens (including phenoxy) is 1. The molecule has 134 valence electrons. The van der Waals surface area contributed by atoms with Crippen molar-refractivity contribution in [3.05, 3.63) is 65.9 Å². The first-order chi connectivity index (χ1) is 12.8. The smallest absolute Gasteiger partial charge is 0.123 e. The number of nitrogens with zero attached hydrogens (tertiary/aromatic N) is 2. The zero-order valence-electron chi connectivity index (χ0n) is 15.0. The average molecular weight is 348 g/mol. The second kappa shape index (κ2) is 7.30. The van der Waals surface area contributed by atoms with Crippen molar-refractivity contribution in [3.8, 4) is 17.0 Å². The van der Waals surface area contributed by atoms with Crippen LogP contribution < -0.4 is 10.1 Å². The summed E-state index contributed by atoms with van der Waals surface area (Å²) in [4.78, 5) is 0. The van der Waals surface area contributed by atoms with Gasteiger partial charge in [-0.05, 0) is 18.9 Å². The number of aromatic amines is 1. The lowest BCUT2D eigenvalue weighted by Crippen LogP contribution is -2.39. The van der Waals surface area contributed by atoms with E-state index in [1.54, 1.807) is 7.11 Å². The van der Waals surface area contributed by atoms with Crippen molar-refractivity contribution < 1.29 is 4.74 Å². The fourth-order valence-electron chi connectivity index (χ4n) is 4.02. The monoisotopic (exact) mass is 348 g/mol. The molecule has 2 N–H and O–H groups in total. The first kappa shape index (κ1) is 16.8. The Bertz CT molecular complexity index is 853. The molecule has 0 atom stereocenters. The summed E-state index contributed by atoms with van der Waals surface area (Å²) in [6.45, 7) is 0.665. The summed E-state index contributed by atoms with van der Waals surface area (Å²) in [7, 11) is 1.74. The van der Waals surface area contributed by atoms with Gasteiger partial charge in [0.25, 0.3) is 0 Å². The second-order valence-electron chi connectivity index (χ2n) is 6.83. The van der Waals surface area contributed by atoms with E-state index in [0.29, 0.717) is 6.54 Å². The molecule has 5 heteroatoms. The Kier molecular flexibility index (Phi) is 4.71. The van der Waals surface area contributed by atoms with Crippen LogP contribution in [0.4, 0.5) is 0 Å². The molecule has 1 fully saturated rings. The van der Waals surface area contributed by atoms with Gasteiger partial charge in [-0.25, -0.2) is 0 Å². The fourth-order valence-corrected chi connectivity index (χ4v) is 4.02. The number of methoxy groups -OCH3 is 1. The molecule has 2 aromatic carbocycles. The molecular weight excluding hydrogens is 324 g/mol. The van der Waals surface area contributed by atoms with Crippen molar-refractivity contribution >= 4 is 0 Å². The van der Waals surface area contributed by atoms with Crippen LogP contribution >= 0.6 is 0 Å². The predicted molar refractivity (Wildman–Crippen MR) is 102 cm³/mol. The van der Waals surface area contributed by atoms with E-state index in [1.807, 2.05) is 30.3 Å². The highest BCUT2D eigenvalue weighted by atomic mass is 16.5. The SMILES string of the molecule is COc1ccccc1C1(NCc2n[nH]nc2-c2ccccc2)CCCC1. The minimum absolute atomic E-state index is 0.0699. The summed E-state index contributed by atoms with van der Waals surface area (Å²) in [5.41, 5.74) is 4.10. The molecule has 0 spiro atoms. The molecule has 3 aromatic rings. The van der Waals surface area contributed by atoms with Crippen LogP contribution in [-0.2, 0) is 12.1 Å². The van der Waals surface area contributed by atoms with E-state index in [1.165, 1.54) is 18.4 Å². The molecule has 1 aromatic heterocycles. The van der Waals surface area contributed by atoms with E-state index in [2.05, 4.69) is 45.0 Å². The lowest BCUT2D eigenvalue weighted by molar-refractivity contribution is 0.315. The van der Waals surface area contributed by atoms with Gasteiger partial charge in [0, 0.05) is 23.2 Å². The Morgan fingerprint density at radius 2 is 1.73 bits per heavy atom. The number of para-hydroxylation sites is 1. The minimum Gasteiger partial charge on any atom is -0.496 e. The van der Waals surface area contributed by atoms with Crippen LogP contribution in [0.5, 0.6) is 5.75 Å². The average Bonchev–Trinajstić information content (AvgIpc) is 3.37. The van der Waals surface area contributed by atoms with E-state index in [4.69, 9.17) is 4.74 Å². The second-order valence-corrected chi connectivity index (χ2v) is 6.83. The maximum absolute atomic E-state index is 5.64. The lowest BCUT2D eigenvalue weighted by atomic mass is 9.87. The van der Waals surface area contributed by atoms with Crippen molar-refractivity contribution in [2.75, 3.05) is 7.11 Å². The van der Waals surface area contributed by atoms with Gasteiger partial charge in [0.1, 0.15) is 17.1 Å². The maximum atomic E-state index is 5.64. The third-order valence-electron chi connectivity index (χ3n) is 5.34. The van der Waals surface area contributed by atoms with E-state index in [0.717, 1.165) is 35.5 Å². The molecule has 1 aliphatic carbocycles. The van der Waals surface area contributed by atoms with Crippen molar-refractivity contribution in [2.24, 2.45) is 0 Å². The van der Waals surface area contributed by atoms with Crippen molar-refractivity contribution in [3.63, 3.8) is 0 Å². The summed E-state index contributed by atoms with van der Waals surface area (Å²) in [5.74, 6) is 0.949. The number of hydrogen-bond donors (Lipinski definition) is 2. The van der Waals surface area contributed by atoms with Crippen molar-refractivity contribution in [1.29, 1.82) is 0 Å². The zero-order valence-corrected chi connectivity index (χ0v) is 15.0. The maximum Gasteiger partial charge on any atom is 0.123 e. The Balaban J connectivity index is 1.61. The first-order valence-electron chi connectivity index (χ1n) is 9.16. The molecule has 1 heterocycles. The number of nitrogens with one attached hydrogen (secondary N) is 2. The molecule has 1 aliphatic rings. The van der Waals surface area contributed by atoms with Gasteiger partial charge in [-0.3, -0.25) is 0 Å². The van der Waals surface area contributed by atoms with Crippen LogP contribution in [0.2, 0.25) is 0 Å². The van der Waals surface area contributed by atoms with Crippen LogP contribution in [-0.4, -0.2) is 22.5 Å². The Morgan fingerprint density at radius 3 is 2.50 bits per heavy atom. The summed E-state index contributed by atoms with van der Waals surface area (Å²) in [6, 6.07) is 18.5. The quantitative estimate of drug-likeness (QED) is 0.706. The normalized spacial score (nSPS) is 15.9. The molecule has 0 amide bonds. The lowest BCUT2D eigenvalue weighted by Gasteiger charge is -2.32. The third-order valence-corrected chi connectivity index (χ3v) is 5.34. The van der Waals surface area contributed by atoms with Crippen LogP contribution in [0.3, 0.4) is 0 Å². The Labute approximate surface area is 153 Å². The third kappa shape index (κ3) is 3.10. The van der Waals surface area contributed by atoms with Gasteiger partial charge in [-0.2, -0.15) is 15.4 Å². The Hall–Kier alpha value is -2.66. The van der Waals surface area contributed by atoms with Crippen molar-refractivity contribution in [2.45, 2.75) is 37.8 Å². The van der Waals surface area contributed by atoms with E-state index < -0.39 is 0 Å². The molecule has 0 saturated heterocycles. The number of aromatic nitrogens is 3. The number of benzene rings is 2. The summed E-state index contributed by atoms with van der Waals surface area (Å²) in [6.07, 6.45) is 4.64. The highest BCUT2D eigenvalue weighted by Gasteiger charge is 2.37. The summed E-state index contributed by atoms with van der Waals surface area (Å²) in [5, 5.41) is 15.3. The highest BCUT2D eigenvalue weighted by Crippen LogP contribution is 2.42. The first-order valence-corrected chi connectivity index (χ1v) is 9.16. The molecule has 0 aliphatic heterocycles. The van der Waals surface area contributed by atoms with Crippen LogP contribution in [0.25, 0.3) is 11.3 Å². The molecular formula is C21H24N4O. The van der Waals surface area contributed by atoms with Gasteiger partial charge in [0.05, 0.1) is 7.11 Å². The fraction of sp³-hybridized carbons (Fsp3) is 0.333. The molecule has 5 nitrogen and oxygen atoms in total. The van der Waals surface area contributed by atoms with Gasteiger partial charge >= 0.3 is 0 Å². The Morgan fingerprint density at radius 1 is 1.00 bits per heavy atom. The van der Waals surface area contributed by atoms with E-state index in [9.17, 15) is 0 Å². The number of hydrogen-bond acceptors (Lipinski definition) is 4. The van der Waals surface area contributed by atoms with Crippen molar-refractivity contribution in [1.82, 2.24) is 20.7 Å². The van der Waals surface area contributed by atoms with Gasteiger partial charge in [0.15, 0.2) is 0 Å². The molecule has 4 rings (SSSR count).